The van der Waals surface area contributed by atoms with Crippen LogP contribution >= 0.6 is 0 Å². The number of rotatable bonds is 11. The number of nitrogens with one attached hydrogen (secondary N) is 3. The number of benzene rings is 1. The van der Waals surface area contributed by atoms with Crippen molar-refractivity contribution in [3.8, 4) is 5.75 Å². The van der Waals surface area contributed by atoms with Crippen molar-refractivity contribution in [3.63, 3.8) is 0 Å². The smallest absolute Gasteiger partial charge is 0.326 e. The molecule has 0 aromatic heterocycles. The van der Waals surface area contributed by atoms with Crippen molar-refractivity contribution >= 4 is 23.7 Å². The lowest BCUT2D eigenvalue weighted by Gasteiger charge is -2.24. The predicted octanol–water partition coefficient (Wildman–Crippen LogP) is -0.890. The van der Waals surface area contributed by atoms with Crippen molar-refractivity contribution in [1.82, 2.24) is 16.0 Å². The highest BCUT2D eigenvalue weighted by Crippen LogP contribution is 2.13. The Labute approximate surface area is 168 Å². The van der Waals surface area contributed by atoms with Crippen LogP contribution in [0, 0.1) is 5.92 Å². The highest BCUT2D eigenvalue weighted by molar-refractivity contribution is 5.92. The van der Waals surface area contributed by atoms with E-state index in [-0.39, 0.29) is 31.2 Å². The SMILES string of the molecule is CCC(C)C(NC(=O)C(Cc1ccc(O)cc1)NC(=O)CNC(=O)CN)C(=O)O. The third kappa shape index (κ3) is 8.18. The Morgan fingerprint density at radius 3 is 2.21 bits per heavy atom. The summed E-state index contributed by atoms with van der Waals surface area (Å²) in [6.07, 6.45) is 0.604. The van der Waals surface area contributed by atoms with Gasteiger partial charge in [-0.15, -0.1) is 0 Å². The number of hydrogen-bond donors (Lipinski definition) is 6. The molecule has 0 bridgehead atoms. The molecule has 0 fully saturated rings. The number of amides is 3. The molecule has 29 heavy (non-hydrogen) atoms. The maximum Gasteiger partial charge on any atom is 0.326 e. The van der Waals surface area contributed by atoms with Gasteiger partial charge in [-0.05, 0) is 23.6 Å². The summed E-state index contributed by atoms with van der Waals surface area (Å²) in [5.41, 5.74) is 5.81. The molecule has 1 aromatic rings. The van der Waals surface area contributed by atoms with Crippen LogP contribution in [0.5, 0.6) is 5.75 Å². The van der Waals surface area contributed by atoms with Crippen LogP contribution in [0.25, 0.3) is 0 Å². The van der Waals surface area contributed by atoms with Crippen molar-refractivity contribution in [2.75, 3.05) is 13.1 Å². The van der Waals surface area contributed by atoms with Gasteiger partial charge < -0.3 is 31.9 Å². The van der Waals surface area contributed by atoms with Crippen molar-refractivity contribution in [2.24, 2.45) is 11.7 Å². The van der Waals surface area contributed by atoms with Gasteiger partial charge in [-0.2, -0.15) is 0 Å². The molecule has 0 spiro atoms. The number of carbonyl (C=O) groups is 4. The summed E-state index contributed by atoms with van der Waals surface area (Å²) in [5, 5.41) is 26.1. The van der Waals surface area contributed by atoms with E-state index in [1.165, 1.54) is 12.1 Å². The van der Waals surface area contributed by atoms with Crippen LogP contribution in [-0.4, -0.2) is 59.1 Å². The summed E-state index contributed by atoms with van der Waals surface area (Å²) in [4.78, 5) is 47.6. The summed E-state index contributed by atoms with van der Waals surface area (Å²) in [7, 11) is 0. The standard InChI is InChI=1S/C19H28N4O6/c1-3-11(2)17(19(28)29)23-18(27)14(8-12-4-6-13(24)7-5-12)22-16(26)10-21-15(25)9-20/h4-7,11,14,17,24H,3,8-10,20H2,1-2H3,(H,21,25)(H,22,26)(H,23,27)(H,28,29). The first kappa shape index (κ1) is 23.9. The first-order valence-corrected chi connectivity index (χ1v) is 9.25. The molecule has 7 N–H and O–H groups in total. The Kier molecular flexibility index (Phi) is 9.60. The van der Waals surface area contributed by atoms with Crippen molar-refractivity contribution in [2.45, 2.75) is 38.8 Å². The highest BCUT2D eigenvalue weighted by Gasteiger charge is 2.29. The third-order valence-corrected chi connectivity index (χ3v) is 4.44. The molecule has 0 radical (unpaired) electrons. The fourth-order valence-corrected chi connectivity index (χ4v) is 2.51. The van der Waals surface area contributed by atoms with Gasteiger partial charge in [-0.3, -0.25) is 14.4 Å². The topological polar surface area (TPSA) is 171 Å². The minimum absolute atomic E-state index is 0.0472. The minimum atomic E-state index is -1.17. The second-order valence-corrected chi connectivity index (χ2v) is 6.68. The van der Waals surface area contributed by atoms with E-state index in [0.29, 0.717) is 12.0 Å². The van der Waals surface area contributed by atoms with Gasteiger partial charge in [0.25, 0.3) is 0 Å². The lowest BCUT2D eigenvalue weighted by molar-refractivity contribution is -0.143. The van der Waals surface area contributed by atoms with Gasteiger partial charge in [-0.1, -0.05) is 32.4 Å². The molecule has 3 unspecified atom stereocenters. The molecule has 0 aliphatic rings. The summed E-state index contributed by atoms with van der Waals surface area (Å²) in [5.74, 6) is -3.25. The van der Waals surface area contributed by atoms with Crippen LogP contribution in [0.1, 0.15) is 25.8 Å². The van der Waals surface area contributed by atoms with Gasteiger partial charge in [0.15, 0.2) is 0 Å². The number of carboxylic acid groups (broad SMARTS) is 1. The molecule has 3 atom stereocenters. The Hall–Kier alpha value is -3.14. The fourth-order valence-electron chi connectivity index (χ4n) is 2.51. The Bertz CT molecular complexity index is 722. The molecule has 160 valence electrons. The minimum Gasteiger partial charge on any atom is -0.508 e. The van der Waals surface area contributed by atoms with Crippen LogP contribution in [0.15, 0.2) is 24.3 Å². The van der Waals surface area contributed by atoms with E-state index < -0.39 is 35.8 Å². The summed E-state index contributed by atoms with van der Waals surface area (Å²) in [6, 6.07) is 3.86. The maximum atomic E-state index is 12.7. The van der Waals surface area contributed by atoms with E-state index in [2.05, 4.69) is 16.0 Å². The quantitative estimate of drug-likeness (QED) is 0.276. The number of nitrogens with two attached hydrogens (primary N) is 1. The molecule has 10 heteroatoms. The molecule has 10 nitrogen and oxygen atoms in total. The van der Waals surface area contributed by atoms with E-state index in [1.54, 1.807) is 19.1 Å². The van der Waals surface area contributed by atoms with Crippen molar-refractivity contribution in [1.29, 1.82) is 0 Å². The molecule has 1 rings (SSSR count). The number of hydrogen-bond acceptors (Lipinski definition) is 6. The predicted molar refractivity (Wildman–Crippen MR) is 105 cm³/mol. The van der Waals surface area contributed by atoms with Crippen LogP contribution in [-0.2, 0) is 25.6 Å². The molecule has 0 heterocycles. The molecule has 0 aliphatic heterocycles. The molecular weight excluding hydrogens is 380 g/mol. The van der Waals surface area contributed by atoms with Gasteiger partial charge >= 0.3 is 5.97 Å². The van der Waals surface area contributed by atoms with Gasteiger partial charge in [0, 0.05) is 6.42 Å². The molecule has 0 saturated carbocycles. The average molecular weight is 408 g/mol. The molecule has 0 aliphatic carbocycles. The zero-order valence-corrected chi connectivity index (χ0v) is 16.5. The number of aliphatic carboxylic acids is 1. The zero-order chi connectivity index (χ0) is 22.0. The van der Waals surface area contributed by atoms with Gasteiger partial charge in [0.1, 0.15) is 17.8 Å². The first-order valence-electron chi connectivity index (χ1n) is 9.25. The third-order valence-electron chi connectivity index (χ3n) is 4.44. The van der Waals surface area contributed by atoms with E-state index in [0.717, 1.165) is 0 Å². The lowest BCUT2D eigenvalue weighted by Crippen LogP contribution is -2.55. The Morgan fingerprint density at radius 1 is 1.07 bits per heavy atom. The van der Waals surface area contributed by atoms with E-state index in [9.17, 15) is 29.4 Å². The second kappa shape index (κ2) is 11.6. The van der Waals surface area contributed by atoms with Crippen molar-refractivity contribution in [3.05, 3.63) is 29.8 Å². The Balaban J connectivity index is 2.93. The lowest BCUT2D eigenvalue weighted by atomic mass is 9.98. The van der Waals surface area contributed by atoms with Crippen molar-refractivity contribution < 1.29 is 29.4 Å². The Morgan fingerprint density at radius 2 is 1.69 bits per heavy atom. The average Bonchev–Trinajstić information content (AvgIpc) is 2.70. The number of aromatic hydroxyl groups is 1. The summed E-state index contributed by atoms with van der Waals surface area (Å²) >= 11 is 0. The van der Waals surface area contributed by atoms with Crippen LogP contribution in [0.2, 0.25) is 0 Å². The van der Waals surface area contributed by atoms with Gasteiger partial charge in [0.05, 0.1) is 13.1 Å². The highest BCUT2D eigenvalue weighted by atomic mass is 16.4. The largest absolute Gasteiger partial charge is 0.508 e. The monoisotopic (exact) mass is 408 g/mol. The van der Waals surface area contributed by atoms with Crippen LogP contribution in [0.3, 0.4) is 0 Å². The molecule has 3 amide bonds. The first-order chi connectivity index (χ1) is 13.7. The molecule has 0 saturated heterocycles. The van der Waals surface area contributed by atoms with Gasteiger partial charge in [-0.25, -0.2) is 4.79 Å². The van der Waals surface area contributed by atoms with Gasteiger partial charge in [0.2, 0.25) is 17.7 Å². The van der Waals surface area contributed by atoms with Crippen LogP contribution < -0.4 is 21.7 Å². The maximum absolute atomic E-state index is 12.7. The molecular formula is C19H28N4O6. The number of carboxylic acids is 1. The molecule has 1 aromatic carbocycles. The second-order valence-electron chi connectivity index (χ2n) is 6.68. The number of phenols is 1. The number of phenolic OH excluding ortho intramolecular Hbond substituents is 1. The van der Waals surface area contributed by atoms with E-state index >= 15 is 0 Å². The normalized spacial score (nSPS) is 13.6. The van der Waals surface area contributed by atoms with E-state index in [4.69, 9.17) is 5.73 Å². The van der Waals surface area contributed by atoms with E-state index in [1.807, 2.05) is 6.92 Å². The fraction of sp³-hybridized carbons (Fsp3) is 0.474. The summed E-state index contributed by atoms with van der Waals surface area (Å²) < 4.78 is 0. The van der Waals surface area contributed by atoms with Crippen LogP contribution in [0.4, 0.5) is 0 Å². The number of carbonyl (C=O) groups excluding carboxylic acids is 3. The summed E-state index contributed by atoms with van der Waals surface area (Å²) in [6.45, 7) is 2.86. The zero-order valence-electron chi connectivity index (χ0n) is 16.5.